The zero-order valence-electron chi connectivity index (χ0n) is 15.2. The van der Waals surface area contributed by atoms with E-state index in [9.17, 15) is 13.2 Å². The number of aromatic nitrogens is 2. The van der Waals surface area contributed by atoms with Gasteiger partial charge < -0.3 is 5.32 Å². The van der Waals surface area contributed by atoms with Gasteiger partial charge in [0.15, 0.2) is 0 Å². The molecule has 3 rings (SSSR count). The molecule has 0 unspecified atom stereocenters. The van der Waals surface area contributed by atoms with Crippen LogP contribution in [0.15, 0.2) is 59.5 Å². The van der Waals surface area contributed by atoms with Crippen molar-refractivity contribution >= 4 is 27.3 Å². The standard InChI is InChI=1S/C19H20N4O3S/c1-13-19(14(2)23(21-13)18-7-5-4-6-8-18)27(25,26)22-17-11-9-16(10-12-17)20-15(3)24/h4-12,22H,1-3H3,(H,20,24). The lowest BCUT2D eigenvalue weighted by Gasteiger charge is -2.10. The molecule has 2 N–H and O–H groups in total. The van der Waals surface area contributed by atoms with Crippen LogP contribution in [-0.4, -0.2) is 24.1 Å². The molecule has 0 bridgehead atoms. The van der Waals surface area contributed by atoms with E-state index in [4.69, 9.17) is 0 Å². The number of benzene rings is 2. The SMILES string of the molecule is CC(=O)Nc1ccc(NS(=O)(=O)c2c(C)nn(-c3ccccc3)c2C)cc1. The van der Waals surface area contributed by atoms with Crippen LogP contribution in [0.1, 0.15) is 18.3 Å². The molecule has 0 saturated heterocycles. The first-order valence-corrected chi connectivity index (χ1v) is 9.78. The van der Waals surface area contributed by atoms with Crippen LogP contribution in [-0.2, 0) is 14.8 Å². The Hall–Kier alpha value is -3.13. The fraction of sp³-hybridized carbons (Fsp3) is 0.158. The maximum Gasteiger partial charge on any atom is 0.265 e. The van der Waals surface area contributed by atoms with Gasteiger partial charge in [-0.3, -0.25) is 9.52 Å². The van der Waals surface area contributed by atoms with Crippen molar-refractivity contribution in [3.8, 4) is 5.69 Å². The maximum absolute atomic E-state index is 12.9. The van der Waals surface area contributed by atoms with Crippen LogP contribution in [0.4, 0.5) is 11.4 Å². The van der Waals surface area contributed by atoms with Gasteiger partial charge in [0.05, 0.1) is 17.1 Å². The highest BCUT2D eigenvalue weighted by Gasteiger charge is 2.25. The van der Waals surface area contributed by atoms with E-state index in [-0.39, 0.29) is 10.8 Å². The highest BCUT2D eigenvalue weighted by Crippen LogP contribution is 2.25. The summed E-state index contributed by atoms with van der Waals surface area (Å²) >= 11 is 0. The molecular weight excluding hydrogens is 364 g/mol. The number of amides is 1. The number of rotatable bonds is 5. The predicted octanol–water partition coefficient (Wildman–Crippen LogP) is 3.25. The van der Waals surface area contributed by atoms with Gasteiger partial charge in [0.25, 0.3) is 10.0 Å². The lowest BCUT2D eigenvalue weighted by molar-refractivity contribution is -0.114. The number of carbonyl (C=O) groups is 1. The molecule has 0 aliphatic heterocycles. The molecule has 1 aromatic heterocycles. The summed E-state index contributed by atoms with van der Waals surface area (Å²) in [6, 6.07) is 15.8. The van der Waals surface area contributed by atoms with E-state index in [0.717, 1.165) is 5.69 Å². The van der Waals surface area contributed by atoms with Gasteiger partial charge in [-0.2, -0.15) is 5.10 Å². The average Bonchev–Trinajstić information content (AvgIpc) is 2.92. The first kappa shape index (κ1) is 18.7. The van der Waals surface area contributed by atoms with Gasteiger partial charge in [-0.15, -0.1) is 0 Å². The smallest absolute Gasteiger partial charge is 0.265 e. The summed E-state index contributed by atoms with van der Waals surface area (Å²) in [5.74, 6) is -0.192. The van der Waals surface area contributed by atoms with Crippen molar-refractivity contribution in [1.82, 2.24) is 9.78 Å². The minimum Gasteiger partial charge on any atom is -0.326 e. The number of carbonyl (C=O) groups excluding carboxylic acids is 1. The van der Waals surface area contributed by atoms with Crippen molar-refractivity contribution in [3.05, 3.63) is 66.0 Å². The van der Waals surface area contributed by atoms with Crippen LogP contribution in [0, 0.1) is 13.8 Å². The van der Waals surface area contributed by atoms with Crippen LogP contribution >= 0.6 is 0 Å². The summed E-state index contributed by atoms with van der Waals surface area (Å²) in [5, 5.41) is 7.02. The zero-order valence-corrected chi connectivity index (χ0v) is 16.0. The van der Waals surface area contributed by atoms with Crippen LogP contribution in [0.5, 0.6) is 0 Å². The molecule has 0 atom stereocenters. The molecule has 0 aliphatic rings. The number of hydrogen-bond donors (Lipinski definition) is 2. The van der Waals surface area contributed by atoms with Crippen molar-refractivity contribution < 1.29 is 13.2 Å². The summed E-state index contributed by atoms with van der Waals surface area (Å²) in [6.45, 7) is 4.80. The Morgan fingerprint density at radius 1 is 0.963 bits per heavy atom. The molecule has 0 fully saturated rings. The van der Waals surface area contributed by atoms with Crippen molar-refractivity contribution in [2.75, 3.05) is 10.0 Å². The summed E-state index contributed by atoms with van der Waals surface area (Å²) < 4.78 is 30.0. The zero-order chi connectivity index (χ0) is 19.6. The molecule has 8 heteroatoms. The van der Waals surface area contributed by atoms with E-state index in [0.29, 0.717) is 22.8 Å². The fourth-order valence-corrected chi connectivity index (χ4v) is 4.32. The number of para-hydroxylation sites is 1. The third-order valence-corrected chi connectivity index (χ3v) is 5.58. The average molecular weight is 384 g/mol. The molecule has 0 radical (unpaired) electrons. The highest BCUT2D eigenvalue weighted by atomic mass is 32.2. The second-order valence-corrected chi connectivity index (χ2v) is 7.73. The first-order chi connectivity index (χ1) is 12.8. The number of hydrogen-bond acceptors (Lipinski definition) is 4. The van der Waals surface area contributed by atoms with Gasteiger partial charge in [-0.05, 0) is 50.2 Å². The Kier molecular flexibility index (Phi) is 5.00. The Morgan fingerprint density at radius 3 is 2.15 bits per heavy atom. The van der Waals surface area contributed by atoms with Crippen molar-refractivity contribution in [2.24, 2.45) is 0 Å². The monoisotopic (exact) mass is 384 g/mol. The van der Waals surface area contributed by atoms with Gasteiger partial charge in [-0.1, -0.05) is 18.2 Å². The topological polar surface area (TPSA) is 93.1 Å². The van der Waals surface area contributed by atoms with Crippen molar-refractivity contribution in [2.45, 2.75) is 25.7 Å². The Labute approximate surface area is 158 Å². The second kappa shape index (κ2) is 7.24. The van der Waals surface area contributed by atoms with Crippen molar-refractivity contribution in [1.29, 1.82) is 0 Å². The molecule has 1 amide bonds. The predicted molar refractivity (Wildman–Crippen MR) is 105 cm³/mol. The van der Waals surface area contributed by atoms with Gasteiger partial charge in [0, 0.05) is 18.3 Å². The van der Waals surface area contributed by atoms with E-state index < -0.39 is 10.0 Å². The van der Waals surface area contributed by atoms with E-state index >= 15 is 0 Å². The third-order valence-electron chi connectivity index (χ3n) is 3.95. The van der Waals surface area contributed by atoms with Crippen LogP contribution < -0.4 is 10.0 Å². The molecule has 0 saturated carbocycles. The lowest BCUT2D eigenvalue weighted by atomic mass is 10.3. The third kappa shape index (κ3) is 4.01. The number of sulfonamides is 1. The minimum atomic E-state index is -3.82. The van der Waals surface area contributed by atoms with Gasteiger partial charge in [0.1, 0.15) is 4.90 Å². The van der Waals surface area contributed by atoms with Crippen LogP contribution in [0.3, 0.4) is 0 Å². The molecule has 0 aliphatic carbocycles. The lowest BCUT2D eigenvalue weighted by Crippen LogP contribution is -2.15. The number of anilines is 2. The van der Waals surface area contributed by atoms with Crippen molar-refractivity contribution in [3.63, 3.8) is 0 Å². The number of nitrogens with one attached hydrogen (secondary N) is 2. The molecule has 1 heterocycles. The number of aryl methyl sites for hydroxylation is 1. The van der Waals surface area contributed by atoms with E-state index in [1.54, 1.807) is 42.8 Å². The highest BCUT2D eigenvalue weighted by molar-refractivity contribution is 7.92. The van der Waals surface area contributed by atoms with E-state index in [1.807, 2.05) is 30.3 Å². The quantitative estimate of drug-likeness (QED) is 0.706. The van der Waals surface area contributed by atoms with E-state index in [2.05, 4.69) is 15.1 Å². The van der Waals surface area contributed by atoms with E-state index in [1.165, 1.54) is 6.92 Å². The Bertz CT molecular complexity index is 1070. The molecule has 2 aromatic carbocycles. The molecule has 7 nitrogen and oxygen atoms in total. The maximum atomic E-state index is 12.9. The van der Waals surface area contributed by atoms with Gasteiger partial charge >= 0.3 is 0 Å². The normalized spacial score (nSPS) is 11.2. The van der Waals surface area contributed by atoms with Gasteiger partial charge in [0.2, 0.25) is 5.91 Å². The molecule has 3 aromatic rings. The van der Waals surface area contributed by atoms with Crippen LogP contribution in [0.2, 0.25) is 0 Å². The summed E-state index contributed by atoms with van der Waals surface area (Å²) in [4.78, 5) is 11.2. The fourth-order valence-electron chi connectivity index (χ4n) is 2.87. The largest absolute Gasteiger partial charge is 0.326 e. The molecule has 27 heavy (non-hydrogen) atoms. The minimum absolute atomic E-state index is 0.150. The first-order valence-electron chi connectivity index (χ1n) is 8.30. The Morgan fingerprint density at radius 2 is 1.56 bits per heavy atom. The number of nitrogens with zero attached hydrogens (tertiary/aromatic N) is 2. The van der Waals surface area contributed by atoms with Gasteiger partial charge in [-0.25, -0.2) is 13.1 Å². The summed E-state index contributed by atoms with van der Waals surface area (Å²) in [7, 11) is -3.82. The van der Waals surface area contributed by atoms with Crippen LogP contribution in [0.25, 0.3) is 5.69 Å². The second-order valence-electron chi connectivity index (χ2n) is 6.11. The Balaban J connectivity index is 1.91. The summed E-state index contributed by atoms with van der Waals surface area (Å²) in [6.07, 6.45) is 0. The summed E-state index contributed by atoms with van der Waals surface area (Å²) in [5.41, 5.74) is 2.73. The molecular formula is C19H20N4O3S. The molecule has 0 spiro atoms. The molecule has 140 valence electrons.